The lowest BCUT2D eigenvalue weighted by Crippen LogP contribution is -2.41. The maximum absolute atomic E-state index is 12.4. The van der Waals surface area contributed by atoms with Crippen molar-refractivity contribution in [3.05, 3.63) is 34.6 Å². The highest BCUT2D eigenvalue weighted by molar-refractivity contribution is 5.76. The summed E-state index contributed by atoms with van der Waals surface area (Å²) in [5, 5.41) is 18.3. The molecule has 21 heavy (non-hydrogen) atoms. The third-order valence-electron chi connectivity index (χ3n) is 4.28. The van der Waals surface area contributed by atoms with Gasteiger partial charge >= 0.3 is 0 Å². The van der Waals surface area contributed by atoms with E-state index in [0.717, 1.165) is 25.9 Å². The molecule has 6 heteroatoms. The standard InChI is InChI=1S/C15H20N4O2/c1-11(20)12-6-8-18(9-7-12)10-19-15(21)13-4-2-3-5-14(13)16-17-19/h2-5,11-12,20H,6-10H2,1H3. The second-order valence-corrected chi connectivity index (χ2v) is 5.75. The minimum atomic E-state index is -0.254. The molecular formula is C15H20N4O2. The summed E-state index contributed by atoms with van der Waals surface area (Å²) in [4.78, 5) is 14.6. The number of hydrogen-bond donors (Lipinski definition) is 1. The number of aliphatic hydroxyl groups is 1. The van der Waals surface area contributed by atoms with E-state index in [1.807, 2.05) is 19.1 Å². The quantitative estimate of drug-likeness (QED) is 0.906. The van der Waals surface area contributed by atoms with E-state index in [9.17, 15) is 9.90 Å². The highest BCUT2D eigenvalue weighted by atomic mass is 16.3. The third kappa shape index (κ3) is 2.96. The minimum Gasteiger partial charge on any atom is -0.393 e. The average Bonchev–Trinajstić information content (AvgIpc) is 2.51. The van der Waals surface area contributed by atoms with E-state index in [4.69, 9.17) is 0 Å². The summed E-state index contributed by atoms with van der Waals surface area (Å²) < 4.78 is 1.42. The highest BCUT2D eigenvalue weighted by Crippen LogP contribution is 2.20. The van der Waals surface area contributed by atoms with Gasteiger partial charge in [0.05, 0.1) is 18.2 Å². The van der Waals surface area contributed by atoms with E-state index in [1.165, 1.54) is 4.68 Å². The van der Waals surface area contributed by atoms with Crippen LogP contribution in [0, 0.1) is 5.92 Å². The van der Waals surface area contributed by atoms with Gasteiger partial charge in [0, 0.05) is 13.1 Å². The van der Waals surface area contributed by atoms with Crippen molar-refractivity contribution in [2.45, 2.75) is 32.5 Å². The molecule has 1 aromatic carbocycles. The molecule has 0 radical (unpaired) electrons. The molecule has 0 amide bonds. The Morgan fingerprint density at radius 2 is 2.05 bits per heavy atom. The second kappa shape index (κ2) is 5.91. The van der Waals surface area contributed by atoms with Gasteiger partial charge in [-0.2, -0.15) is 4.68 Å². The molecule has 3 rings (SSSR count). The molecule has 112 valence electrons. The monoisotopic (exact) mass is 288 g/mol. The Labute approximate surface area is 123 Å². The van der Waals surface area contributed by atoms with E-state index < -0.39 is 0 Å². The van der Waals surface area contributed by atoms with Crippen molar-refractivity contribution in [3.63, 3.8) is 0 Å². The molecule has 0 saturated carbocycles. The van der Waals surface area contributed by atoms with Gasteiger partial charge in [0.1, 0.15) is 5.52 Å². The zero-order chi connectivity index (χ0) is 14.8. The van der Waals surface area contributed by atoms with E-state index in [1.54, 1.807) is 12.1 Å². The van der Waals surface area contributed by atoms with Crippen LogP contribution in [-0.4, -0.2) is 44.2 Å². The van der Waals surface area contributed by atoms with Crippen LogP contribution in [0.3, 0.4) is 0 Å². The Kier molecular flexibility index (Phi) is 3.98. The van der Waals surface area contributed by atoms with Gasteiger partial charge in [-0.15, -0.1) is 5.10 Å². The number of aliphatic hydroxyl groups excluding tert-OH is 1. The van der Waals surface area contributed by atoms with Crippen molar-refractivity contribution in [3.8, 4) is 0 Å². The zero-order valence-electron chi connectivity index (χ0n) is 12.1. The SMILES string of the molecule is CC(O)C1CCN(Cn2nnc3ccccc3c2=O)CC1. The van der Waals surface area contributed by atoms with Crippen LogP contribution in [0.4, 0.5) is 0 Å². The fourth-order valence-corrected chi connectivity index (χ4v) is 2.88. The molecule has 1 atom stereocenters. The molecule has 1 N–H and O–H groups in total. The lowest BCUT2D eigenvalue weighted by molar-refractivity contribution is 0.0583. The molecule has 1 aliphatic rings. The first-order valence-electron chi connectivity index (χ1n) is 7.38. The number of benzene rings is 1. The van der Waals surface area contributed by atoms with E-state index in [-0.39, 0.29) is 11.7 Å². The Morgan fingerprint density at radius 1 is 1.33 bits per heavy atom. The first-order chi connectivity index (χ1) is 10.1. The van der Waals surface area contributed by atoms with Crippen LogP contribution in [0.25, 0.3) is 10.9 Å². The molecule has 0 aliphatic carbocycles. The van der Waals surface area contributed by atoms with Crippen LogP contribution in [0.15, 0.2) is 29.1 Å². The van der Waals surface area contributed by atoms with E-state index in [2.05, 4.69) is 15.2 Å². The zero-order valence-corrected chi connectivity index (χ0v) is 12.1. The van der Waals surface area contributed by atoms with E-state index >= 15 is 0 Å². The predicted molar refractivity (Wildman–Crippen MR) is 79.8 cm³/mol. The Morgan fingerprint density at radius 3 is 2.76 bits per heavy atom. The maximum Gasteiger partial charge on any atom is 0.278 e. The molecule has 1 saturated heterocycles. The molecule has 0 bridgehead atoms. The average molecular weight is 288 g/mol. The van der Waals surface area contributed by atoms with Crippen LogP contribution in [0.1, 0.15) is 19.8 Å². The topological polar surface area (TPSA) is 71.2 Å². The van der Waals surface area contributed by atoms with Crippen molar-refractivity contribution in [2.75, 3.05) is 13.1 Å². The largest absolute Gasteiger partial charge is 0.393 e. The molecule has 2 aromatic rings. The number of aromatic nitrogens is 3. The number of rotatable bonds is 3. The van der Waals surface area contributed by atoms with E-state index in [0.29, 0.717) is 23.5 Å². The van der Waals surface area contributed by atoms with Crippen LogP contribution in [-0.2, 0) is 6.67 Å². The molecule has 0 spiro atoms. The number of hydrogen-bond acceptors (Lipinski definition) is 5. The lowest BCUT2D eigenvalue weighted by Gasteiger charge is -2.32. The summed E-state index contributed by atoms with van der Waals surface area (Å²) in [6, 6.07) is 7.26. The van der Waals surface area contributed by atoms with Crippen molar-refractivity contribution < 1.29 is 5.11 Å². The van der Waals surface area contributed by atoms with Gasteiger partial charge in [0.2, 0.25) is 0 Å². The van der Waals surface area contributed by atoms with Gasteiger partial charge in [0.25, 0.3) is 5.56 Å². The van der Waals surface area contributed by atoms with Crippen molar-refractivity contribution >= 4 is 10.9 Å². The number of fused-ring (bicyclic) bond motifs is 1. The van der Waals surface area contributed by atoms with Gasteiger partial charge < -0.3 is 5.11 Å². The smallest absolute Gasteiger partial charge is 0.278 e. The second-order valence-electron chi connectivity index (χ2n) is 5.75. The fourth-order valence-electron chi connectivity index (χ4n) is 2.88. The molecular weight excluding hydrogens is 268 g/mol. The van der Waals surface area contributed by atoms with Gasteiger partial charge in [-0.3, -0.25) is 9.69 Å². The maximum atomic E-state index is 12.4. The van der Waals surface area contributed by atoms with Gasteiger partial charge in [0.15, 0.2) is 0 Å². The summed E-state index contributed by atoms with van der Waals surface area (Å²) in [6.07, 6.45) is 1.65. The van der Waals surface area contributed by atoms with Gasteiger partial charge in [-0.05, 0) is 37.8 Å². The molecule has 1 fully saturated rings. The Hall–Kier alpha value is -1.79. The highest BCUT2D eigenvalue weighted by Gasteiger charge is 2.23. The van der Waals surface area contributed by atoms with Gasteiger partial charge in [-0.25, -0.2) is 0 Å². The first-order valence-corrected chi connectivity index (χ1v) is 7.38. The third-order valence-corrected chi connectivity index (χ3v) is 4.28. The number of likely N-dealkylation sites (tertiary alicyclic amines) is 1. The van der Waals surface area contributed by atoms with Crippen LogP contribution >= 0.6 is 0 Å². The normalized spacial score (nSPS) is 19.0. The Balaban J connectivity index is 1.74. The van der Waals surface area contributed by atoms with Crippen LogP contribution < -0.4 is 5.56 Å². The molecule has 1 aliphatic heterocycles. The van der Waals surface area contributed by atoms with Gasteiger partial charge in [-0.1, -0.05) is 17.3 Å². The number of nitrogens with zero attached hydrogens (tertiary/aromatic N) is 4. The fraction of sp³-hybridized carbons (Fsp3) is 0.533. The molecule has 6 nitrogen and oxygen atoms in total. The van der Waals surface area contributed by atoms with Crippen molar-refractivity contribution in [2.24, 2.45) is 5.92 Å². The predicted octanol–water partition coefficient (Wildman–Crippen LogP) is 0.842. The molecule has 2 heterocycles. The number of piperidine rings is 1. The van der Waals surface area contributed by atoms with Crippen molar-refractivity contribution in [1.29, 1.82) is 0 Å². The molecule has 1 aromatic heterocycles. The van der Waals surface area contributed by atoms with Crippen molar-refractivity contribution in [1.82, 2.24) is 19.9 Å². The summed E-state index contributed by atoms with van der Waals surface area (Å²) in [5.74, 6) is 0.362. The lowest BCUT2D eigenvalue weighted by atomic mass is 9.92. The Bertz CT molecular complexity index is 675. The van der Waals surface area contributed by atoms with Crippen LogP contribution in [0.2, 0.25) is 0 Å². The summed E-state index contributed by atoms with van der Waals surface area (Å²) in [6.45, 7) is 4.05. The first kappa shape index (κ1) is 14.2. The summed E-state index contributed by atoms with van der Waals surface area (Å²) >= 11 is 0. The summed E-state index contributed by atoms with van der Waals surface area (Å²) in [7, 11) is 0. The minimum absolute atomic E-state index is 0.0988. The van der Waals surface area contributed by atoms with Crippen LogP contribution in [0.5, 0.6) is 0 Å². The summed E-state index contributed by atoms with van der Waals surface area (Å²) in [5.41, 5.74) is 0.532. The molecule has 1 unspecified atom stereocenters.